The van der Waals surface area contributed by atoms with Crippen LogP contribution >= 0.6 is 18.6 Å². The van der Waals surface area contributed by atoms with Gasteiger partial charge < -0.3 is 42.8 Å². The third kappa shape index (κ3) is 12.6. The smallest absolute Gasteiger partial charge is 0.325 e. The van der Waals surface area contributed by atoms with Gasteiger partial charge in [-0.05, 0) is 69.0 Å². The number of esters is 2. The molecule has 4 N–H and O–H groups in total. The molecule has 0 bridgehead atoms. The number of amides is 2. The van der Waals surface area contributed by atoms with Gasteiger partial charge in [0, 0.05) is 12.2 Å². The number of rotatable bonds is 19. The van der Waals surface area contributed by atoms with Crippen LogP contribution in [0.4, 0.5) is 0 Å². The fraction of sp³-hybridized carbons (Fsp3) is 0.361. The standard InChI is InChI=1S/C36H46N3O6PS.BrH/c1-3-45-36(43)31(37)22-23-33(40)39-32(35(42)38-26-34(41)44-2)27-47-25-15-7-14-24-46(28-16-8-4-9-17-28,29-18-10-5-11-19-29)30-20-12-6-13-21-30;/h4-6,8-13,16-21,25,31-32,47H,3,7,14-15,22-24,26-27,37H2,1-2H3,(H-,38,39,40,42);1H. The number of thiol groups is 1. The normalized spacial score (nSPS) is 12.5. The number of halogens is 1. The molecule has 0 saturated heterocycles. The number of benzene rings is 3. The zero-order valence-corrected chi connectivity index (χ0v) is 30.9. The van der Waals surface area contributed by atoms with E-state index in [1.165, 1.54) is 23.0 Å². The lowest BCUT2D eigenvalue weighted by Crippen LogP contribution is -3.00. The van der Waals surface area contributed by atoms with Crippen molar-refractivity contribution in [3.05, 3.63) is 91.0 Å². The second-order valence-corrected chi connectivity index (χ2v) is 15.6. The predicted octanol–water partition coefficient (Wildman–Crippen LogP) is -0.133. The Labute approximate surface area is 298 Å². The number of hydrogen-bond donors (Lipinski definition) is 4. The lowest BCUT2D eigenvalue weighted by Gasteiger charge is -2.27. The van der Waals surface area contributed by atoms with Gasteiger partial charge in [0.1, 0.15) is 41.8 Å². The summed E-state index contributed by atoms with van der Waals surface area (Å²) in [7, 11) is -0.653. The van der Waals surface area contributed by atoms with E-state index < -0.39 is 43.1 Å². The number of carbonyl (C=O) groups is 4. The molecule has 2 atom stereocenters. The van der Waals surface area contributed by atoms with Crippen LogP contribution in [0.2, 0.25) is 0 Å². The molecule has 0 aliphatic rings. The molecule has 0 saturated carbocycles. The molecular formula is C36H47BrN3O6PS. The van der Waals surface area contributed by atoms with E-state index >= 15 is 0 Å². The fourth-order valence-electron chi connectivity index (χ4n) is 5.21. The second-order valence-electron chi connectivity index (χ2n) is 10.9. The number of nitrogens with one attached hydrogen (secondary N) is 2. The summed E-state index contributed by atoms with van der Waals surface area (Å²) >= 11 is 0.878. The first-order valence-electron chi connectivity index (χ1n) is 15.9. The van der Waals surface area contributed by atoms with E-state index in [0.717, 1.165) is 36.8 Å². The van der Waals surface area contributed by atoms with Crippen LogP contribution in [0, 0.1) is 0 Å². The molecule has 0 aromatic heterocycles. The number of carbonyl (C=O) groups excluding carboxylic acids is 4. The van der Waals surface area contributed by atoms with E-state index in [9.17, 15) is 19.2 Å². The zero-order chi connectivity index (χ0) is 33.9. The summed E-state index contributed by atoms with van der Waals surface area (Å²) in [6.07, 6.45) is 3.90. The van der Waals surface area contributed by atoms with E-state index in [1.54, 1.807) is 6.92 Å². The SMILES string of the molecule is CCOC(=O)C(N)CCC(=O)NC(C[SH]=CCCCC[P+](c1ccccc1)(c1ccccc1)c1ccccc1)C(=O)NCC(=O)OC.[Br-]. The van der Waals surface area contributed by atoms with Gasteiger partial charge in [-0.25, -0.2) is 11.4 Å². The molecule has 0 fully saturated rings. The van der Waals surface area contributed by atoms with Gasteiger partial charge in [-0.15, -0.1) is 0 Å². The minimum atomic E-state index is -1.89. The molecule has 0 aliphatic heterocycles. The first kappa shape index (κ1) is 40.8. The number of unbranched alkanes of at least 4 members (excludes halogenated alkanes) is 2. The van der Waals surface area contributed by atoms with Crippen LogP contribution in [0.3, 0.4) is 0 Å². The van der Waals surface area contributed by atoms with E-state index in [0.29, 0.717) is 5.75 Å². The molecule has 0 radical (unpaired) electrons. The molecule has 12 heteroatoms. The highest BCUT2D eigenvalue weighted by molar-refractivity contribution is 7.97. The highest BCUT2D eigenvalue weighted by atomic mass is 79.9. The Balaban J connectivity index is 0.00000800. The summed E-state index contributed by atoms with van der Waals surface area (Å²) in [4.78, 5) is 48.9. The van der Waals surface area contributed by atoms with Crippen LogP contribution in [0.25, 0.3) is 0 Å². The molecule has 2 unspecified atom stereocenters. The topological polar surface area (TPSA) is 137 Å². The summed E-state index contributed by atoms with van der Waals surface area (Å²) < 4.78 is 9.50. The van der Waals surface area contributed by atoms with Gasteiger partial charge in [-0.2, -0.15) is 0 Å². The van der Waals surface area contributed by atoms with Crippen LogP contribution in [0.5, 0.6) is 0 Å². The van der Waals surface area contributed by atoms with Gasteiger partial charge in [0.2, 0.25) is 11.8 Å². The van der Waals surface area contributed by atoms with Crippen LogP contribution in [-0.4, -0.2) is 73.4 Å². The summed E-state index contributed by atoms with van der Waals surface area (Å²) in [5.74, 6) is -1.73. The first-order valence-corrected chi connectivity index (χ1v) is 19.0. The molecule has 0 heterocycles. The Hall–Kier alpha value is -3.37. The van der Waals surface area contributed by atoms with Crippen molar-refractivity contribution in [1.29, 1.82) is 0 Å². The van der Waals surface area contributed by atoms with Crippen LogP contribution in [-0.2, 0) is 28.7 Å². The van der Waals surface area contributed by atoms with Gasteiger partial charge in [0.25, 0.3) is 0 Å². The Morgan fingerprint density at radius 2 is 1.42 bits per heavy atom. The van der Waals surface area contributed by atoms with Crippen LogP contribution in [0.15, 0.2) is 91.0 Å². The third-order valence-electron chi connectivity index (χ3n) is 7.64. The maximum Gasteiger partial charge on any atom is 0.325 e. The Morgan fingerprint density at radius 3 is 1.92 bits per heavy atom. The Morgan fingerprint density at radius 1 is 0.875 bits per heavy atom. The van der Waals surface area contributed by atoms with E-state index in [2.05, 4.69) is 112 Å². The van der Waals surface area contributed by atoms with E-state index in [-0.39, 0.29) is 43.0 Å². The molecule has 48 heavy (non-hydrogen) atoms. The Kier molecular flexibility index (Phi) is 19.0. The van der Waals surface area contributed by atoms with Crippen molar-refractivity contribution in [3.63, 3.8) is 0 Å². The van der Waals surface area contributed by atoms with Gasteiger partial charge in [0.15, 0.2) is 0 Å². The van der Waals surface area contributed by atoms with Crippen molar-refractivity contribution >= 4 is 63.6 Å². The van der Waals surface area contributed by atoms with Crippen molar-refractivity contribution in [2.24, 2.45) is 5.73 Å². The summed E-state index contributed by atoms with van der Waals surface area (Å²) in [5.41, 5.74) is 5.81. The third-order valence-corrected chi connectivity index (χ3v) is 13.3. The highest BCUT2D eigenvalue weighted by Crippen LogP contribution is 2.55. The molecule has 2 amide bonds. The van der Waals surface area contributed by atoms with Crippen molar-refractivity contribution in [3.8, 4) is 0 Å². The molecule has 0 aliphatic carbocycles. The zero-order valence-electron chi connectivity index (χ0n) is 27.6. The minimum absolute atomic E-state index is 0. The van der Waals surface area contributed by atoms with Crippen molar-refractivity contribution in [2.45, 2.75) is 51.1 Å². The first-order chi connectivity index (χ1) is 22.8. The minimum Gasteiger partial charge on any atom is -1.00 e. The lowest BCUT2D eigenvalue weighted by atomic mass is 10.1. The molecule has 260 valence electrons. The second kappa shape index (κ2) is 22.3. The van der Waals surface area contributed by atoms with Gasteiger partial charge in [-0.3, -0.25) is 19.2 Å². The van der Waals surface area contributed by atoms with E-state index in [4.69, 9.17) is 10.5 Å². The van der Waals surface area contributed by atoms with Crippen LogP contribution < -0.4 is 49.3 Å². The number of hydrogen-bond acceptors (Lipinski definition) is 7. The predicted molar refractivity (Wildman–Crippen MR) is 195 cm³/mol. The molecular weight excluding hydrogens is 713 g/mol. The summed E-state index contributed by atoms with van der Waals surface area (Å²) in [5, 5.41) is 11.5. The lowest BCUT2D eigenvalue weighted by molar-refractivity contribution is -0.145. The van der Waals surface area contributed by atoms with E-state index in [1.807, 2.05) is 0 Å². The molecule has 0 spiro atoms. The number of methoxy groups -OCH3 is 1. The monoisotopic (exact) mass is 759 g/mol. The average Bonchev–Trinajstić information content (AvgIpc) is 3.11. The molecule has 9 nitrogen and oxygen atoms in total. The van der Waals surface area contributed by atoms with Crippen molar-refractivity contribution in [2.75, 3.05) is 32.2 Å². The van der Waals surface area contributed by atoms with Gasteiger partial charge in [-0.1, -0.05) is 60.0 Å². The maximum atomic E-state index is 12.9. The van der Waals surface area contributed by atoms with Crippen molar-refractivity contribution in [1.82, 2.24) is 10.6 Å². The average molecular weight is 761 g/mol. The van der Waals surface area contributed by atoms with Crippen LogP contribution in [0.1, 0.15) is 39.0 Å². The highest BCUT2D eigenvalue weighted by Gasteiger charge is 2.44. The quantitative estimate of drug-likeness (QED) is 0.0440. The van der Waals surface area contributed by atoms with Gasteiger partial charge in [0.05, 0.1) is 19.9 Å². The van der Waals surface area contributed by atoms with Gasteiger partial charge >= 0.3 is 11.9 Å². The summed E-state index contributed by atoms with van der Waals surface area (Å²) in [6.45, 7) is 1.58. The largest absolute Gasteiger partial charge is 1.00 e. The number of ether oxygens (including phenoxy) is 2. The van der Waals surface area contributed by atoms with Crippen molar-refractivity contribution < 1.29 is 45.6 Å². The number of nitrogens with two attached hydrogens (primary N) is 1. The molecule has 3 rings (SSSR count). The fourth-order valence-corrected chi connectivity index (χ4v) is 10.6. The Bertz CT molecular complexity index is 1350. The molecule has 3 aromatic rings. The maximum absolute atomic E-state index is 12.9. The molecule has 3 aromatic carbocycles. The summed E-state index contributed by atoms with van der Waals surface area (Å²) in [6, 6.07) is 30.6.